The average Bonchev–Trinajstić information content (AvgIpc) is 2.31. The summed E-state index contributed by atoms with van der Waals surface area (Å²) in [6, 6.07) is 7.58. The average molecular weight is 202 g/mol. The van der Waals surface area contributed by atoms with Gasteiger partial charge in [0.05, 0.1) is 12.2 Å². The highest BCUT2D eigenvalue weighted by atomic mass is 16.7. The lowest BCUT2D eigenvalue weighted by atomic mass is 10.2. The minimum absolute atomic E-state index is 0.131. The van der Waals surface area contributed by atoms with Gasteiger partial charge in [0.15, 0.2) is 6.29 Å². The summed E-state index contributed by atoms with van der Waals surface area (Å²) in [4.78, 5) is 0. The number of terminal acetylenes is 1. The molecular formula is C13H14O2. The molecule has 0 spiro atoms. The van der Waals surface area contributed by atoms with Crippen LogP contribution in [0.3, 0.4) is 0 Å². The van der Waals surface area contributed by atoms with E-state index in [4.69, 9.17) is 15.9 Å². The molecular weight excluding hydrogens is 188 g/mol. The minimum Gasteiger partial charge on any atom is -0.464 e. The van der Waals surface area contributed by atoms with Gasteiger partial charge in [-0.25, -0.2) is 0 Å². The van der Waals surface area contributed by atoms with Crippen LogP contribution in [0.4, 0.5) is 0 Å². The maximum absolute atomic E-state index is 5.71. The van der Waals surface area contributed by atoms with Crippen LogP contribution < -0.4 is 4.74 Å². The quantitative estimate of drug-likeness (QED) is 0.686. The fourth-order valence-electron chi connectivity index (χ4n) is 1.63. The highest BCUT2D eigenvalue weighted by Gasteiger charge is 2.15. The van der Waals surface area contributed by atoms with Gasteiger partial charge in [-0.05, 0) is 25.0 Å². The van der Waals surface area contributed by atoms with Crippen molar-refractivity contribution in [1.29, 1.82) is 0 Å². The molecule has 2 rings (SSSR count). The number of benzene rings is 1. The van der Waals surface area contributed by atoms with E-state index in [2.05, 4.69) is 5.92 Å². The third-order valence-electron chi connectivity index (χ3n) is 2.44. The first kappa shape index (κ1) is 10.1. The van der Waals surface area contributed by atoms with Crippen molar-refractivity contribution in [3.63, 3.8) is 0 Å². The van der Waals surface area contributed by atoms with Crippen LogP contribution in [-0.4, -0.2) is 12.9 Å². The van der Waals surface area contributed by atoms with Gasteiger partial charge in [0.2, 0.25) is 0 Å². The van der Waals surface area contributed by atoms with E-state index in [1.165, 1.54) is 0 Å². The highest BCUT2D eigenvalue weighted by molar-refractivity contribution is 5.44. The molecule has 1 aromatic rings. The molecule has 0 bridgehead atoms. The molecule has 1 saturated heterocycles. The number of para-hydroxylation sites is 1. The summed E-state index contributed by atoms with van der Waals surface area (Å²) in [6.07, 6.45) is 8.47. The van der Waals surface area contributed by atoms with E-state index in [0.29, 0.717) is 0 Å². The first-order valence-electron chi connectivity index (χ1n) is 5.24. The van der Waals surface area contributed by atoms with Gasteiger partial charge in [0.25, 0.3) is 0 Å². The molecule has 1 fully saturated rings. The van der Waals surface area contributed by atoms with Crippen LogP contribution in [0, 0.1) is 12.3 Å². The second-order valence-corrected chi connectivity index (χ2v) is 3.55. The van der Waals surface area contributed by atoms with E-state index in [1.807, 2.05) is 24.3 Å². The second-order valence-electron chi connectivity index (χ2n) is 3.55. The zero-order valence-electron chi connectivity index (χ0n) is 8.61. The van der Waals surface area contributed by atoms with Gasteiger partial charge in [-0.15, -0.1) is 6.42 Å². The van der Waals surface area contributed by atoms with Gasteiger partial charge in [-0.3, -0.25) is 0 Å². The Morgan fingerprint density at radius 3 is 2.93 bits per heavy atom. The number of hydrogen-bond donors (Lipinski definition) is 0. The van der Waals surface area contributed by atoms with Crippen LogP contribution in [0.2, 0.25) is 0 Å². The van der Waals surface area contributed by atoms with Crippen molar-refractivity contribution in [2.24, 2.45) is 0 Å². The number of ether oxygens (including phenoxy) is 2. The summed E-state index contributed by atoms with van der Waals surface area (Å²) in [5, 5.41) is 0. The Kier molecular flexibility index (Phi) is 3.26. The van der Waals surface area contributed by atoms with Crippen molar-refractivity contribution in [2.45, 2.75) is 25.6 Å². The maximum Gasteiger partial charge on any atom is 0.199 e. The van der Waals surface area contributed by atoms with Gasteiger partial charge in [0, 0.05) is 6.42 Å². The Morgan fingerprint density at radius 1 is 1.33 bits per heavy atom. The molecule has 0 amide bonds. The van der Waals surface area contributed by atoms with E-state index in [-0.39, 0.29) is 6.29 Å². The van der Waals surface area contributed by atoms with Crippen molar-refractivity contribution in [1.82, 2.24) is 0 Å². The molecule has 0 saturated carbocycles. The van der Waals surface area contributed by atoms with Gasteiger partial charge in [0.1, 0.15) is 5.75 Å². The van der Waals surface area contributed by atoms with E-state index >= 15 is 0 Å². The lowest BCUT2D eigenvalue weighted by Gasteiger charge is -2.23. The van der Waals surface area contributed by atoms with Crippen LogP contribution in [-0.2, 0) is 4.74 Å². The molecule has 15 heavy (non-hydrogen) atoms. The fraction of sp³-hybridized carbons (Fsp3) is 0.385. The maximum atomic E-state index is 5.71. The molecule has 0 unspecified atom stereocenters. The number of hydrogen-bond acceptors (Lipinski definition) is 2. The summed E-state index contributed by atoms with van der Waals surface area (Å²) in [6.45, 7) is 0.781. The highest BCUT2D eigenvalue weighted by Crippen LogP contribution is 2.22. The van der Waals surface area contributed by atoms with Gasteiger partial charge < -0.3 is 9.47 Å². The molecule has 2 nitrogen and oxygen atoms in total. The third-order valence-corrected chi connectivity index (χ3v) is 2.44. The molecule has 0 N–H and O–H groups in total. The van der Waals surface area contributed by atoms with Crippen LogP contribution in [0.1, 0.15) is 24.8 Å². The Labute approximate surface area is 90.2 Å². The van der Waals surface area contributed by atoms with E-state index < -0.39 is 0 Å². The molecule has 1 aliphatic heterocycles. The van der Waals surface area contributed by atoms with Gasteiger partial charge >= 0.3 is 0 Å². The largest absolute Gasteiger partial charge is 0.464 e. The van der Waals surface area contributed by atoms with E-state index in [1.54, 1.807) is 0 Å². The van der Waals surface area contributed by atoms with Crippen LogP contribution in [0.15, 0.2) is 24.3 Å². The van der Waals surface area contributed by atoms with Crippen molar-refractivity contribution >= 4 is 0 Å². The summed E-state index contributed by atoms with van der Waals surface area (Å²) in [7, 11) is 0. The van der Waals surface area contributed by atoms with Crippen LogP contribution in [0.25, 0.3) is 0 Å². The SMILES string of the molecule is C#Cc1ccccc1O[C@H]1CCCCO1. The lowest BCUT2D eigenvalue weighted by Crippen LogP contribution is -2.25. The summed E-state index contributed by atoms with van der Waals surface area (Å²) in [5.74, 6) is 3.35. The fourth-order valence-corrected chi connectivity index (χ4v) is 1.63. The Bertz CT molecular complexity index is 359. The van der Waals surface area contributed by atoms with Crippen molar-refractivity contribution < 1.29 is 9.47 Å². The summed E-state index contributed by atoms with van der Waals surface area (Å²) >= 11 is 0. The number of rotatable bonds is 2. The van der Waals surface area contributed by atoms with Gasteiger partial charge in [-0.1, -0.05) is 18.1 Å². The smallest absolute Gasteiger partial charge is 0.199 e. The Morgan fingerprint density at radius 2 is 2.20 bits per heavy atom. The predicted molar refractivity (Wildman–Crippen MR) is 58.6 cm³/mol. The molecule has 1 atom stereocenters. The van der Waals surface area contributed by atoms with E-state index in [9.17, 15) is 0 Å². The Balaban J connectivity index is 2.06. The van der Waals surface area contributed by atoms with Crippen molar-refractivity contribution in [2.75, 3.05) is 6.61 Å². The Hall–Kier alpha value is -1.46. The first-order valence-corrected chi connectivity index (χ1v) is 5.24. The predicted octanol–water partition coefficient (Wildman–Crippen LogP) is 2.57. The lowest BCUT2D eigenvalue weighted by molar-refractivity contribution is -0.106. The second kappa shape index (κ2) is 4.86. The zero-order valence-corrected chi connectivity index (χ0v) is 8.61. The summed E-state index contributed by atoms with van der Waals surface area (Å²) in [5.41, 5.74) is 0.784. The molecule has 0 aromatic heterocycles. The zero-order chi connectivity index (χ0) is 10.5. The summed E-state index contributed by atoms with van der Waals surface area (Å²) < 4.78 is 11.2. The molecule has 1 heterocycles. The molecule has 1 aliphatic rings. The van der Waals surface area contributed by atoms with E-state index in [0.717, 1.165) is 37.2 Å². The molecule has 78 valence electrons. The van der Waals surface area contributed by atoms with Crippen molar-refractivity contribution in [3.05, 3.63) is 29.8 Å². The monoisotopic (exact) mass is 202 g/mol. The minimum atomic E-state index is -0.131. The van der Waals surface area contributed by atoms with Crippen LogP contribution in [0.5, 0.6) is 5.75 Å². The van der Waals surface area contributed by atoms with Crippen LogP contribution >= 0.6 is 0 Å². The van der Waals surface area contributed by atoms with Crippen molar-refractivity contribution in [3.8, 4) is 18.1 Å². The molecule has 0 aliphatic carbocycles. The molecule has 2 heteroatoms. The normalized spacial score (nSPS) is 20.6. The standard InChI is InChI=1S/C13H14O2/c1-2-11-7-3-4-8-12(11)15-13-9-5-6-10-14-13/h1,3-4,7-8,13H,5-6,9-10H2/t13-/m0/s1. The third kappa shape index (κ3) is 2.51. The topological polar surface area (TPSA) is 18.5 Å². The molecule has 0 radical (unpaired) electrons. The first-order chi connectivity index (χ1) is 7.40. The van der Waals surface area contributed by atoms with Gasteiger partial charge in [-0.2, -0.15) is 0 Å². The molecule has 1 aromatic carbocycles.